The Morgan fingerprint density at radius 3 is 1.62 bits per heavy atom. The summed E-state index contributed by atoms with van der Waals surface area (Å²) in [5.74, 6) is 0. The molecule has 0 unspecified atom stereocenters. The Labute approximate surface area is 116 Å². The van der Waals surface area contributed by atoms with Gasteiger partial charge in [0.1, 0.15) is 0 Å². The smallest absolute Gasteiger partial charge is 0.187 e. The summed E-state index contributed by atoms with van der Waals surface area (Å²) < 4.78 is 12.8. The molecule has 0 fully saturated rings. The molecule has 0 aromatic rings. The van der Waals surface area contributed by atoms with Crippen LogP contribution in [-0.2, 0) is 5.30 Å². The van der Waals surface area contributed by atoms with Crippen molar-refractivity contribution in [3.8, 4) is 0 Å². The van der Waals surface area contributed by atoms with E-state index in [9.17, 15) is 14.4 Å². The van der Waals surface area contributed by atoms with Crippen molar-refractivity contribution in [2.75, 3.05) is 0 Å². The molecule has 0 aliphatic rings. The summed E-state index contributed by atoms with van der Waals surface area (Å²) in [6.07, 6.45) is 0. The van der Waals surface area contributed by atoms with Crippen LogP contribution < -0.4 is 9.79 Å². The van der Waals surface area contributed by atoms with Crippen LogP contribution in [0.2, 0.25) is 0 Å². The molecule has 41 valence electrons. The molecule has 0 aliphatic heterocycles. The van der Waals surface area contributed by atoms with Crippen LogP contribution in [-0.4, -0.2) is 55.1 Å². The van der Waals surface area contributed by atoms with Crippen LogP contribution >= 0.6 is 7.82 Å². The van der Waals surface area contributed by atoms with Crippen LogP contribution in [0.5, 0.6) is 0 Å². The number of phosphoric acid groups is 1. The zero-order chi connectivity index (χ0) is 5.21. The van der Waals surface area contributed by atoms with Crippen molar-refractivity contribution in [1.82, 2.24) is 0 Å². The molecule has 0 aromatic heterocycles. The fourth-order valence-corrected chi connectivity index (χ4v) is 0. The third-order valence-corrected chi connectivity index (χ3v) is 2.44. The van der Waals surface area contributed by atoms with E-state index in [-0.39, 0.29) is 95.3 Å². The van der Waals surface area contributed by atoms with E-state index in [0.29, 0.717) is 0 Å². The minimum Gasteiger partial charge on any atom is 0.187 e. The molecular weight excluding hydrogens is 302 g/mol. The summed E-state index contributed by atoms with van der Waals surface area (Å²) >= 11 is -0.0401. The Hall–Kier alpha value is 3.28. The summed E-state index contributed by atoms with van der Waals surface area (Å²) in [4.78, 5) is 18.6. The van der Waals surface area contributed by atoms with Gasteiger partial charge in [0.25, 0.3) is 0 Å². The minimum absolute atomic E-state index is 0. The van der Waals surface area contributed by atoms with E-state index in [0.717, 1.165) is 0 Å². The average molecular weight is 305 g/mol. The zero-order valence-electron chi connectivity index (χ0n) is 3.29. The second-order valence-corrected chi connectivity index (χ2v) is 3.34. The molecule has 0 heterocycles. The van der Waals surface area contributed by atoms with Gasteiger partial charge in [-0.3, -0.25) is 0 Å². The first kappa shape index (κ1) is 17.4. The summed E-state index contributed by atoms with van der Waals surface area (Å²) in [7, 11) is -4.58. The molecule has 0 N–H and O–H groups in total. The average Bonchev–Trinajstić information content (AvgIpc) is 1.35. The van der Waals surface area contributed by atoms with Gasteiger partial charge in [0, 0.05) is 0 Å². The van der Waals surface area contributed by atoms with Gasteiger partial charge in [-0.15, -0.1) is 0 Å². The van der Waals surface area contributed by atoms with Gasteiger partial charge in [-0.2, -0.15) is 0 Å². The maximum absolute atomic E-state index is 9.28. The molecule has 8 heavy (non-hydrogen) atoms. The van der Waals surface area contributed by atoms with Crippen molar-refractivity contribution in [2.45, 2.75) is 0 Å². The van der Waals surface area contributed by atoms with E-state index >= 15 is 0 Å². The van der Waals surface area contributed by atoms with Gasteiger partial charge >= 0.3 is 101 Å². The fourth-order valence-electron chi connectivity index (χ4n) is 0. The van der Waals surface area contributed by atoms with Crippen LogP contribution in [0, 0.1) is 40.2 Å². The van der Waals surface area contributed by atoms with Gasteiger partial charge in [0.15, 0.2) is 17.4 Å². The number of rotatable bonds is 1. The van der Waals surface area contributed by atoms with E-state index in [1.807, 2.05) is 0 Å². The quantitative estimate of drug-likeness (QED) is 0.376. The Bertz CT molecular complexity index is 80.1. The standard InChI is InChI=1S/Al.Ca.Ce.H3O4P.3H/c;;;1-5(2,3)4;;;/h;;;(H3,1,2,3,4);;;/q;+2;+1;;;;/p-3. The van der Waals surface area contributed by atoms with Crippen molar-refractivity contribution in [2.24, 2.45) is 0 Å². The monoisotopic (exact) mass is 305 g/mol. The van der Waals surface area contributed by atoms with Crippen molar-refractivity contribution in [3.63, 3.8) is 0 Å². The molecule has 0 aromatic carbocycles. The van der Waals surface area contributed by atoms with Crippen LogP contribution in [0.1, 0.15) is 0 Å². The van der Waals surface area contributed by atoms with E-state index in [4.69, 9.17) is 0 Å². The van der Waals surface area contributed by atoms with Gasteiger partial charge in [-0.05, 0) is 0 Å². The molecule has 0 saturated carbocycles. The predicted octanol–water partition coefficient (Wildman–Crippen LogP) is -3.27. The molecule has 0 radical (unpaired) electrons. The van der Waals surface area contributed by atoms with Crippen molar-refractivity contribution in [3.05, 3.63) is 0 Å². The molecule has 0 aliphatic carbocycles. The number of hydrogen-bond donors (Lipinski definition) is 0. The minimum atomic E-state index is -4.58. The molecule has 0 bridgehead atoms. The molecule has 0 saturated heterocycles. The van der Waals surface area contributed by atoms with Crippen molar-refractivity contribution in [1.29, 1.82) is 0 Å². The molecule has 8 heteroatoms. The molecule has 4 nitrogen and oxygen atoms in total. The second kappa shape index (κ2) is 8.38. The van der Waals surface area contributed by atoms with Gasteiger partial charge < -0.3 is 0 Å². The first-order valence-corrected chi connectivity index (χ1v) is 3.68. The first-order chi connectivity index (χ1) is 2.56. The van der Waals surface area contributed by atoms with Crippen LogP contribution in [0.15, 0.2) is 0 Å². The third-order valence-electron chi connectivity index (χ3n) is 0.112. The molecule has 0 rings (SSSR count). The van der Waals surface area contributed by atoms with E-state index in [2.05, 4.69) is 0.738 Å². The zero-order valence-corrected chi connectivity index (χ0v) is 9.53. The van der Waals surface area contributed by atoms with Crippen molar-refractivity contribution < 1.29 is 55.3 Å². The third kappa shape index (κ3) is 16.1. The van der Waals surface area contributed by atoms with Gasteiger partial charge in [-0.25, -0.2) is 0 Å². The predicted molar refractivity (Wildman–Crippen MR) is 24.4 cm³/mol. The van der Waals surface area contributed by atoms with Gasteiger partial charge in [-0.1, -0.05) is 0 Å². The maximum Gasteiger partial charge on any atom is 2.00 e. The Kier molecular flexibility index (Phi) is 18.2. The maximum atomic E-state index is 9.28. The summed E-state index contributed by atoms with van der Waals surface area (Å²) in [6.45, 7) is 0. The largest absolute Gasteiger partial charge is 2.00 e. The normalized spacial score (nSPS) is 8.62. The van der Waals surface area contributed by atoms with Crippen LogP contribution in [0.3, 0.4) is 0 Å². The molecular formula is H3AlCaCeO4P. The summed E-state index contributed by atoms with van der Waals surface area (Å²) in [5.41, 5.74) is 0. The van der Waals surface area contributed by atoms with Crippen LogP contribution in [0.4, 0.5) is 0 Å². The van der Waals surface area contributed by atoms with E-state index < -0.39 is 7.82 Å². The summed E-state index contributed by atoms with van der Waals surface area (Å²) in [6, 6.07) is 0. The molecule has 0 spiro atoms. The van der Waals surface area contributed by atoms with Gasteiger partial charge in [0.2, 0.25) is 0 Å². The Morgan fingerprint density at radius 1 is 1.50 bits per heavy atom. The second-order valence-electron chi connectivity index (χ2n) is 0.539. The Balaban J connectivity index is -0.000000125. The summed E-state index contributed by atoms with van der Waals surface area (Å²) in [5, 5.41) is 0. The fraction of sp³-hybridized carbons (Fsp3) is 0. The van der Waals surface area contributed by atoms with Crippen LogP contribution in [0.25, 0.3) is 0 Å². The van der Waals surface area contributed by atoms with Crippen molar-refractivity contribution >= 4 is 62.9 Å². The first-order valence-electron chi connectivity index (χ1n) is 0.934. The SMILES string of the molecule is O=P([O-])([O-])[O][Ce].[AlH3].[Ca+2]. The molecule has 0 atom stereocenters. The number of hydrogen-bond acceptors (Lipinski definition) is 4. The topological polar surface area (TPSA) is 72.4 Å². The van der Waals surface area contributed by atoms with E-state index in [1.54, 1.807) is 0 Å². The molecule has 0 amide bonds. The van der Waals surface area contributed by atoms with E-state index in [1.165, 1.54) is 0 Å². The Morgan fingerprint density at radius 2 is 1.62 bits per heavy atom. The van der Waals surface area contributed by atoms with Gasteiger partial charge in [0.05, 0.1) is 0 Å².